The highest BCUT2D eigenvalue weighted by Crippen LogP contribution is 2.23. The number of benzene rings is 1. The summed E-state index contributed by atoms with van der Waals surface area (Å²) in [5.41, 5.74) is 7.59. The normalized spacial score (nSPS) is 12.1. The maximum atomic E-state index is 11.6. The van der Waals surface area contributed by atoms with E-state index in [4.69, 9.17) is 5.73 Å². The monoisotopic (exact) mass is 289 g/mol. The number of aromatic nitrogens is 1. The summed E-state index contributed by atoms with van der Waals surface area (Å²) in [4.78, 5) is 16.2. The van der Waals surface area contributed by atoms with Gasteiger partial charge in [-0.25, -0.2) is 4.98 Å². The molecule has 0 bridgehead atoms. The predicted molar refractivity (Wildman–Crippen MR) is 82.5 cm³/mol. The first-order valence-electron chi connectivity index (χ1n) is 6.68. The minimum atomic E-state index is -0.134. The van der Waals surface area contributed by atoms with E-state index in [1.165, 1.54) is 0 Å². The van der Waals surface area contributed by atoms with Gasteiger partial charge in [-0.05, 0) is 0 Å². The van der Waals surface area contributed by atoms with Gasteiger partial charge in [0.1, 0.15) is 5.01 Å². The van der Waals surface area contributed by atoms with Gasteiger partial charge in [0.2, 0.25) is 5.91 Å². The molecule has 0 saturated heterocycles. The fourth-order valence-electron chi connectivity index (χ4n) is 1.73. The summed E-state index contributed by atoms with van der Waals surface area (Å²) in [6, 6.07) is 10.1. The first kappa shape index (κ1) is 14.7. The van der Waals surface area contributed by atoms with Crippen LogP contribution in [0.5, 0.6) is 0 Å². The number of hydrogen-bond donors (Lipinski definition) is 2. The molecule has 5 heteroatoms. The van der Waals surface area contributed by atoms with Crippen molar-refractivity contribution in [3.8, 4) is 10.6 Å². The Morgan fingerprint density at radius 1 is 1.40 bits per heavy atom. The zero-order valence-corrected chi connectivity index (χ0v) is 12.3. The second-order valence-electron chi connectivity index (χ2n) is 4.69. The molecule has 1 heterocycles. The molecular formula is C15H19N3OS. The number of nitrogens with zero attached hydrogens (tertiary/aromatic N) is 1. The van der Waals surface area contributed by atoms with Crippen molar-refractivity contribution in [2.24, 2.45) is 11.7 Å². The van der Waals surface area contributed by atoms with Gasteiger partial charge in [-0.1, -0.05) is 37.3 Å². The number of hydrogen-bond acceptors (Lipinski definition) is 4. The molecule has 3 N–H and O–H groups in total. The third-order valence-corrected chi connectivity index (χ3v) is 3.99. The van der Waals surface area contributed by atoms with Gasteiger partial charge >= 0.3 is 0 Å². The Bertz CT molecular complexity index is 553. The van der Waals surface area contributed by atoms with Crippen LogP contribution >= 0.6 is 11.3 Å². The van der Waals surface area contributed by atoms with E-state index in [-0.39, 0.29) is 11.8 Å². The number of thiazole rings is 1. The first-order valence-corrected chi connectivity index (χ1v) is 7.56. The lowest BCUT2D eigenvalue weighted by Gasteiger charge is -2.08. The number of rotatable bonds is 6. The van der Waals surface area contributed by atoms with Crippen molar-refractivity contribution in [2.75, 3.05) is 13.1 Å². The second kappa shape index (κ2) is 7.17. The molecule has 1 aromatic heterocycles. The zero-order chi connectivity index (χ0) is 14.4. The van der Waals surface area contributed by atoms with Gasteiger partial charge in [-0.15, -0.1) is 11.3 Å². The Kier molecular flexibility index (Phi) is 5.26. The summed E-state index contributed by atoms with van der Waals surface area (Å²) in [5, 5.41) is 5.94. The van der Waals surface area contributed by atoms with E-state index in [9.17, 15) is 4.79 Å². The minimum absolute atomic E-state index is 0.00557. The van der Waals surface area contributed by atoms with E-state index < -0.39 is 0 Å². The van der Waals surface area contributed by atoms with Crippen LogP contribution < -0.4 is 11.1 Å². The van der Waals surface area contributed by atoms with Crippen LogP contribution in [0, 0.1) is 5.92 Å². The van der Waals surface area contributed by atoms with Crippen LogP contribution in [0.2, 0.25) is 0 Å². The fourth-order valence-corrected chi connectivity index (χ4v) is 2.59. The highest BCUT2D eigenvalue weighted by Gasteiger charge is 2.10. The number of nitrogens with one attached hydrogen (secondary N) is 1. The highest BCUT2D eigenvalue weighted by molar-refractivity contribution is 7.13. The Labute approximate surface area is 123 Å². The molecule has 1 aromatic carbocycles. The van der Waals surface area contributed by atoms with Gasteiger partial charge in [0.05, 0.1) is 5.69 Å². The van der Waals surface area contributed by atoms with Gasteiger partial charge in [0.25, 0.3) is 0 Å². The van der Waals surface area contributed by atoms with Crippen LogP contribution in [0.25, 0.3) is 10.6 Å². The van der Waals surface area contributed by atoms with Crippen LogP contribution in [0.15, 0.2) is 35.7 Å². The first-order chi connectivity index (χ1) is 9.70. The predicted octanol–water partition coefficient (Wildman–Crippen LogP) is 2.06. The summed E-state index contributed by atoms with van der Waals surface area (Å²) in [5.74, 6) is -0.128. The topological polar surface area (TPSA) is 68.0 Å². The van der Waals surface area contributed by atoms with E-state index in [0.717, 1.165) is 22.7 Å². The molecule has 20 heavy (non-hydrogen) atoms. The van der Waals surface area contributed by atoms with Crippen LogP contribution in [-0.4, -0.2) is 24.0 Å². The Morgan fingerprint density at radius 3 is 2.85 bits per heavy atom. The summed E-state index contributed by atoms with van der Waals surface area (Å²) >= 11 is 1.63. The molecule has 0 aliphatic rings. The SMILES string of the molecule is CC(CN)C(=O)NCCc1csc(-c2ccccc2)n1. The molecular weight excluding hydrogens is 270 g/mol. The number of amides is 1. The van der Waals surface area contributed by atoms with Crippen molar-refractivity contribution in [3.05, 3.63) is 41.4 Å². The molecule has 0 radical (unpaired) electrons. The molecule has 1 amide bonds. The lowest BCUT2D eigenvalue weighted by molar-refractivity contribution is -0.124. The van der Waals surface area contributed by atoms with E-state index in [0.29, 0.717) is 13.1 Å². The molecule has 0 fully saturated rings. The van der Waals surface area contributed by atoms with Crippen molar-refractivity contribution in [1.29, 1.82) is 0 Å². The molecule has 0 aliphatic heterocycles. The molecule has 0 spiro atoms. The van der Waals surface area contributed by atoms with Crippen molar-refractivity contribution in [2.45, 2.75) is 13.3 Å². The summed E-state index contributed by atoms with van der Waals surface area (Å²) in [6.45, 7) is 2.80. The lowest BCUT2D eigenvalue weighted by Crippen LogP contribution is -2.34. The molecule has 4 nitrogen and oxygen atoms in total. The molecule has 1 atom stereocenters. The average Bonchev–Trinajstić information content (AvgIpc) is 2.96. The molecule has 0 saturated carbocycles. The maximum Gasteiger partial charge on any atom is 0.224 e. The van der Waals surface area contributed by atoms with Crippen LogP contribution in [-0.2, 0) is 11.2 Å². The number of carbonyl (C=O) groups excluding carboxylic acids is 1. The van der Waals surface area contributed by atoms with Gasteiger partial charge in [0.15, 0.2) is 0 Å². The molecule has 1 unspecified atom stereocenters. The summed E-state index contributed by atoms with van der Waals surface area (Å²) in [6.07, 6.45) is 0.742. The quantitative estimate of drug-likeness (QED) is 0.855. The maximum absolute atomic E-state index is 11.6. The van der Waals surface area contributed by atoms with Crippen LogP contribution in [0.3, 0.4) is 0 Å². The van der Waals surface area contributed by atoms with E-state index >= 15 is 0 Å². The fraction of sp³-hybridized carbons (Fsp3) is 0.333. The van der Waals surface area contributed by atoms with E-state index in [1.807, 2.05) is 42.6 Å². The van der Waals surface area contributed by atoms with Gasteiger partial charge in [-0.3, -0.25) is 4.79 Å². The third-order valence-electron chi connectivity index (χ3n) is 3.05. The largest absolute Gasteiger partial charge is 0.355 e. The average molecular weight is 289 g/mol. The van der Waals surface area contributed by atoms with Crippen molar-refractivity contribution in [3.63, 3.8) is 0 Å². The van der Waals surface area contributed by atoms with Gasteiger partial charge in [-0.2, -0.15) is 0 Å². The van der Waals surface area contributed by atoms with Crippen LogP contribution in [0.4, 0.5) is 0 Å². The van der Waals surface area contributed by atoms with Crippen molar-refractivity contribution >= 4 is 17.2 Å². The van der Waals surface area contributed by atoms with Crippen LogP contribution in [0.1, 0.15) is 12.6 Å². The Morgan fingerprint density at radius 2 is 2.15 bits per heavy atom. The van der Waals surface area contributed by atoms with Crippen molar-refractivity contribution in [1.82, 2.24) is 10.3 Å². The lowest BCUT2D eigenvalue weighted by atomic mass is 10.1. The molecule has 106 valence electrons. The van der Waals surface area contributed by atoms with Gasteiger partial charge in [0, 0.05) is 36.4 Å². The number of carbonyl (C=O) groups is 1. The van der Waals surface area contributed by atoms with Crippen molar-refractivity contribution < 1.29 is 4.79 Å². The molecule has 0 aliphatic carbocycles. The zero-order valence-electron chi connectivity index (χ0n) is 11.5. The summed E-state index contributed by atoms with van der Waals surface area (Å²) in [7, 11) is 0. The molecule has 2 aromatic rings. The smallest absolute Gasteiger partial charge is 0.224 e. The molecule has 2 rings (SSSR count). The highest BCUT2D eigenvalue weighted by atomic mass is 32.1. The Balaban J connectivity index is 1.86. The van der Waals surface area contributed by atoms with E-state index in [1.54, 1.807) is 11.3 Å². The number of nitrogens with two attached hydrogens (primary N) is 1. The standard InChI is InChI=1S/C15H19N3OS/c1-11(9-16)14(19)17-8-7-13-10-20-15(18-13)12-5-3-2-4-6-12/h2-6,10-11H,7-9,16H2,1H3,(H,17,19). The minimum Gasteiger partial charge on any atom is -0.355 e. The second-order valence-corrected chi connectivity index (χ2v) is 5.55. The third kappa shape index (κ3) is 3.88. The summed E-state index contributed by atoms with van der Waals surface area (Å²) < 4.78 is 0. The van der Waals surface area contributed by atoms with E-state index in [2.05, 4.69) is 10.3 Å². The van der Waals surface area contributed by atoms with Gasteiger partial charge < -0.3 is 11.1 Å². The Hall–Kier alpha value is -1.72.